The van der Waals surface area contributed by atoms with Crippen LogP contribution in [0.5, 0.6) is 5.75 Å². The number of carbonyl (C=O) groups is 1. The van der Waals surface area contributed by atoms with Crippen LogP contribution in [0.3, 0.4) is 0 Å². The fraction of sp³-hybridized carbons (Fsp3) is 0.240. The van der Waals surface area contributed by atoms with Gasteiger partial charge in [-0.2, -0.15) is 0 Å². The van der Waals surface area contributed by atoms with E-state index in [1.165, 1.54) is 16.6 Å². The minimum atomic E-state index is -0.171. The monoisotopic (exact) mass is 570 g/mol. The summed E-state index contributed by atoms with van der Waals surface area (Å²) in [6.45, 7) is 1.73. The van der Waals surface area contributed by atoms with Crippen molar-refractivity contribution in [2.24, 2.45) is 0 Å². The number of methoxy groups -OCH3 is 1. The van der Waals surface area contributed by atoms with Crippen LogP contribution < -0.4 is 15.6 Å². The molecule has 1 aliphatic heterocycles. The average Bonchev–Trinajstić information content (AvgIpc) is 3.20. The third kappa shape index (κ3) is 5.02. The van der Waals surface area contributed by atoms with Crippen LogP contribution in [0.4, 0.5) is 5.69 Å². The highest BCUT2D eigenvalue weighted by Crippen LogP contribution is 2.34. The molecule has 0 unspecified atom stereocenters. The Labute approximate surface area is 219 Å². The van der Waals surface area contributed by atoms with Crippen LogP contribution in [0.15, 0.2) is 63.0 Å². The molecule has 0 saturated carbocycles. The molecule has 0 radical (unpaired) electrons. The smallest absolute Gasteiger partial charge is 0.267 e. The van der Waals surface area contributed by atoms with Crippen molar-refractivity contribution in [3.63, 3.8) is 0 Å². The van der Waals surface area contributed by atoms with Crippen LogP contribution in [0.25, 0.3) is 15.9 Å². The predicted octanol–water partition coefficient (Wildman–Crippen LogP) is 4.94. The molecular formula is C25H23BrN4O3S2. The van der Waals surface area contributed by atoms with Crippen LogP contribution in [0, 0.1) is 0 Å². The van der Waals surface area contributed by atoms with Crippen molar-refractivity contribution in [1.29, 1.82) is 0 Å². The van der Waals surface area contributed by atoms with Gasteiger partial charge in [0, 0.05) is 28.1 Å². The van der Waals surface area contributed by atoms with Crippen LogP contribution in [-0.2, 0) is 17.8 Å². The van der Waals surface area contributed by atoms with Gasteiger partial charge >= 0.3 is 0 Å². The second kappa shape index (κ2) is 10.1. The Hall–Kier alpha value is -2.66. The van der Waals surface area contributed by atoms with E-state index in [-0.39, 0.29) is 17.2 Å². The number of hydrogen-bond donors (Lipinski definition) is 1. The third-order valence-electron chi connectivity index (χ3n) is 5.81. The molecule has 0 atom stereocenters. The number of aromatic nitrogens is 2. The van der Waals surface area contributed by atoms with Gasteiger partial charge in [0.05, 0.1) is 23.9 Å². The Morgan fingerprint density at radius 3 is 2.80 bits per heavy atom. The number of anilines is 1. The van der Waals surface area contributed by atoms with E-state index in [2.05, 4.69) is 33.2 Å². The van der Waals surface area contributed by atoms with E-state index in [1.807, 2.05) is 48.5 Å². The molecule has 10 heteroatoms. The largest absolute Gasteiger partial charge is 0.497 e. The Balaban J connectivity index is 1.53. The molecule has 0 bridgehead atoms. The molecule has 4 aromatic rings. The number of likely N-dealkylation sites (N-methyl/N-ethyl adjacent to an activating group) is 1. The molecule has 3 heterocycles. The minimum absolute atomic E-state index is 0.0999. The highest BCUT2D eigenvalue weighted by Gasteiger charge is 2.24. The summed E-state index contributed by atoms with van der Waals surface area (Å²) >= 11 is 6.24. The summed E-state index contributed by atoms with van der Waals surface area (Å²) in [5.74, 6) is 0.652. The van der Waals surface area contributed by atoms with Gasteiger partial charge in [0.25, 0.3) is 5.56 Å². The van der Waals surface area contributed by atoms with Crippen LogP contribution in [-0.4, -0.2) is 46.8 Å². The number of thioether (sulfide) groups is 1. The van der Waals surface area contributed by atoms with E-state index in [9.17, 15) is 9.59 Å². The molecular weight excluding hydrogens is 548 g/mol. The molecule has 5 rings (SSSR count). The second-order valence-corrected chi connectivity index (χ2v) is 11.2. The van der Waals surface area contributed by atoms with E-state index in [0.29, 0.717) is 27.7 Å². The highest BCUT2D eigenvalue weighted by molar-refractivity contribution is 9.10. The predicted molar refractivity (Wildman–Crippen MR) is 145 cm³/mol. The van der Waals surface area contributed by atoms with E-state index in [1.54, 1.807) is 23.0 Å². The molecule has 1 aliphatic rings. The SMILES string of the molecule is COc1ccc(-n2c(SCC(=O)Nc3cccc(Br)c3)nc3sc4c(c3c2=O)CCN(C)C4)cc1. The van der Waals surface area contributed by atoms with Gasteiger partial charge in [-0.1, -0.05) is 33.8 Å². The molecule has 2 aromatic heterocycles. The number of carbonyl (C=O) groups excluding carboxylic acids is 1. The maximum atomic E-state index is 13.9. The van der Waals surface area contributed by atoms with Gasteiger partial charge in [-0.15, -0.1) is 11.3 Å². The van der Waals surface area contributed by atoms with Gasteiger partial charge in [0.2, 0.25) is 5.91 Å². The van der Waals surface area contributed by atoms with Gasteiger partial charge in [0.1, 0.15) is 10.6 Å². The normalized spacial score (nSPS) is 13.6. The lowest BCUT2D eigenvalue weighted by atomic mass is 10.1. The number of amides is 1. The van der Waals surface area contributed by atoms with Crippen molar-refractivity contribution >= 4 is 60.8 Å². The molecule has 7 nitrogen and oxygen atoms in total. The molecule has 1 N–H and O–H groups in total. The molecule has 1 amide bonds. The number of fused-ring (bicyclic) bond motifs is 3. The van der Waals surface area contributed by atoms with Crippen molar-refractivity contribution in [2.75, 3.05) is 31.8 Å². The average molecular weight is 572 g/mol. The van der Waals surface area contributed by atoms with E-state index in [0.717, 1.165) is 34.4 Å². The van der Waals surface area contributed by atoms with Crippen molar-refractivity contribution in [1.82, 2.24) is 14.5 Å². The van der Waals surface area contributed by atoms with E-state index < -0.39 is 0 Å². The van der Waals surface area contributed by atoms with Crippen LogP contribution >= 0.6 is 39.0 Å². The first-order chi connectivity index (χ1) is 16.9. The lowest BCUT2D eigenvalue weighted by Crippen LogP contribution is -2.27. The Morgan fingerprint density at radius 1 is 1.26 bits per heavy atom. The summed E-state index contributed by atoms with van der Waals surface area (Å²) in [5.41, 5.74) is 2.40. The summed E-state index contributed by atoms with van der Waals surface area (Å²) in [7, 11) is 3.69. The first kappa shape index (κ1) is 24.1. The Bertz CT molecular complexity index is 1470. The fourth-order valence-electron chi connectivity index (χ4n) is 4.10. The lowest BCUT2D eigenvalue weighted by molar-refractivity contribution is -0.113. The highest BCUT2D eigenvalue weighted by atomic mass is 79.9. The Morgan fingerprint density at radius 2 is 2.06 bits per heavy atom. The van der Waals surface area contributed by atoms with Crippen LogP contribution in [0.1, 0.15) is 10.4 Å². The summed E-state index contributed by atoms with van der Waals surface area (Å²) in [6.07, 6.45) is 0.826. The first-order valence-electron chi connectivity index (χ1n) is 11.0. The quantitative estimate of drug-likeness (QED) is 0.261. The molecule has 0 fully saturated rings. The van der Waals surface area contributed by atoms with Gasteiger partial charge in [-0.3, -0.25) is 14.2 Å². The molecule has 35 heavy (non-hydrogen) atoms. The molecule has 2 aromatic carbocycles. The summed E-state index contributed by atoms with van der Waals surface area (Å²) in [5, 5.41) is 4.08. The van der Waals surface area contributed by atoms with Gasteiger partial charge in [0.15, 0.2) is 5.16 Å². The molecule has 0 aliphatic carbocycles. The third-order valence-corrected chi connectivity index (χ3v) is 8.35. The number of rotatable bonds is 6. The minimum Gasteiger partial charge on any atom is -0.497 e. The standard InChI is InChI=1S/C25H23BrN4O3S2/c1-29-11-10-19-20(13-29)35-23-22(19)24(32)30(17-6-8-18(33-2)9-7-17)25(28-23)34-14-21(31)27-16-5-3-4-15(26)12-16/h3-9,12H,10-11,13-14H2,1-2H3,(H,27,31). The maximum absolute atomic E-state index is 13.9. The number of benzene rings is 2. The van der Waals surface area contributed by atoms with Crippen LogP contribution in [0.2, 0.25) is 0 Å². The number of ether oxygens (including phenoxy) is 1. The van der Waals surface area contributed by atoms with E-state index in [4.69, 9.17) is 9.72 Å². The van der Waals surface area contributed by atoms with Crippen molar-refractivity contribution < 1.29 is 9.53 Å². The maximum Gasteiger partial charge on any atom is 0.267 e. The molecule has 180 valence electrons. The zero-order chi connectivity index (χ0) is 24.5. The summed E-state index contributed by atoms with van der Waals surface area (Å²) < 4.78 is 7.78. The second-order valence-electron chi connectivity index (χ2n) is 8.25. The van der Waals surface area contributed by atoms with Crippen molar-refractivity contribution in [3.8, 4) is 11.4 Å². The number of thiophene rings is 1. The lowest BCUT2D eigenvalue weighted by Gasteiger charge is -2.21. The van der Waals surface area contributed by atoms with Gasteiger partial charge < -0.3 is 15.0 Å². The van der Waals surface area contributed by atoms with Gasteiger partial charge in [-0.05, 0) is 61.5 Å². The summed E-state index contributed by atoms with van der Waals surface area (Å²) in [6, 6.07) is 14.7. The van der Waals surface area contributed by atoms with Gasteiger partial charge in [-0.25, -0.2) is 4.98 Å². The number of nitrogens with one attached hydrogen (secondary N) is 1. The van der Waals surface area contributed by atoms with Crippen molar-refractivity contribution in [2.45, 2.75) is 18.1 Å². The zero-order valence-corrected chi connectivity index (χ0v) is 22.4. The Kier molecular flexibility index (Phi) is 6.97. The molecule has 0 spiro atoms. The summed E-state index contributed by atoms with van der Waals surface area (Å²) in [4.78, 5) is 35.6. The fourth-order valence-corrected chi connectivity index (χ4v) is 6.65. The number of halogens is 1. The van der Waals surface area contributed by atoms with Crippen molar-refractivity contribution in [3.05, 3.63) is 73.8 Å². The first-order valence-corrected chi connectivity index (χ1v) is 13.6. The molecule has 0 saturated heterocycles. The topological polar surface area (TPSA) is 76.5 Å². The number of hydrogen-bond acceptors (Lipinski definition) is 7. The zero-order valence-electron chi connectivity index (χ0n) is 19.2. The number of nitrogens with zero attached hydrogens (tertiary/aromatic N) is 3. The van der Waals surface area contributed by atoms with E-state index >= 15 is 0 Å².